The molecule has 0 saturated heterocycles. The molecule has 0 fully saturated rings. The lowest BCUT2D eigenvalue weighted by molar-refractivity contribution is -0.0294. The van der Waals surface area contributed by atoms with Gasteiger partial charge in [0, 0.05) is 13.0 Å². The van der Waals surface area contributed by atoms with Crippen LogP contribution in [0, 0.1) is 20.8 Å². The van der Waals surface area contributed by atoms with E-state index in [9.17, 15) is 8.78 Å². The number of methoxy groups -OCH3 is 1. The van der Waals surface area contributed by atoms with Crippen molar-refractivity contribution in [2.45, 2.75) is 33.1 Å². The van der Waals surface area contributed by atoms with E-state index in [2.05, 4.69) is 0 Å². The molecule has 0 aliphatic carbocycles. The third-order valence-corrected chi connectivity index (χ3v) is 2.98. The second-order valence-electron chi connectivity index (χ2n) is 4.22. The van der Waals surface area contributed by atoms with Crippen molar-refractivity contribution in [1.29, 1.82) is 0 Å². The van der Waals surface area contributed by atoms with Gasteiger partial charge in [-0.05, 0) is 37.5 Å². The van der Waals surface area contributed by atoms with E-state index >= 15 is 0 Å². The molecule has 1 rings (SSSR count). The number of ether oxygens (including phenoxy) is 1. The smallest absolute Gasteiger partial charge is 0.279 e. The molecule has 0 unspecified atom stereocenters. The zero-order chi connectivity index (χ0) is 13.2. The predicted octanol–water partition coefficient (Wildman–Crippen LogP) is 3.09. The highest BCUT2D eigenvalue weighted by Crippen LogP contribution is 2.42. The number of benzene rings is 1. The Hall–Kier alpha value is -1.16. The van der Waals surface area contributed by atoms with Crippen LogP contribution in [0.15, 0.2) is 6.07 Å². The Morgan fingerprint density at radius 1 is 1.24 bits per heavy atom. The number of rotatable bonds is 4. The van der Waals surface area contributed by atoms with E-state index in [0.717, 1.165) is 5.56 Å². The van der Waals surface area contributed by atoms with Crippen molar-refractivity contribution in [1.82, 2.24) is 0 Å². The number of alkyl halides is 2. The van der Waals surface area contributed by atoms with Crippen molar-refractivity contribution >= 4 is 0 Å². The van der Waals surface area contributed by atoms with Crippen LogP contribution in [0.25, 0.3) is 0 Å². The molecule has 0 aromatic heterocycles. The maximum absolute atomic E-state index is 13.9. The number of aliphatic hydroxyl groups is 1. The molecular weight excluding hydrogens is 226 g/mol. The minimum absolute atomic E-state index is 0.114. The Labute approximate surface area is 100 Å². The molecule has 4 heteroatoms. The lowest BCUT2D eigenvalue weighted by atomic mass is 9.93. The van der Waals surface area contributed by atoms with Gasteiger partial charge in [-0.25, -0.2) is 8.78 Å². The van der Waals surface area contributed by atoms with Crippen LogP contribution in [0.2, 0.25) is 0 Å². The fourth-order valence-corrected chi connectivity index (χ4v) is 2.03. The maximum atomic E-state index is 13.9. The largest absolute Gasteiger partial charge is 0.496 e. The summed E-state index contributed by atoms with van der Waals surface area (Å²) in [6, 6.07) is 1.72. The third-order valence-electron chi connectivity index (χ3n) is 2.98. The van der Waals surface area contributed by atoms with Crippen LogP contribution in [0.5, 0.6) is 5.75 Å². The van der Waals surface area contributed by atoms with Gasteiger partial charge in [-0.3, -0.25) is 0 Å². The van der Waals surface area contributed by atoms with Gasteiger partial charge >= 0.3 is 0 Å². The molecule has 0 amide bonds. The second-order valence-corrected chi connectivity index (χ2v) is 4.22. The van der Waals surface area contributed by atoms with Crippen LogP contribution in [0.3, 0.4) is 0 Å². The Morgan fingerprint density at radius 3 is 2.29 bits per heavy atom. The maximum Gasteiger partial charge on any atom is 0.279 e. The number of halogens is 2. The molecule has 0 saturated carbocycles. The summed E-state index contributed by atoms with van der Waals surface area (Å²) in [7, 11) is 1.39. The van der Waals surface area contributed by atoms with Crippen LogP contribution in [0.4, 0.5) is 8.78 Å². The first-order valence-electron chi connectivity index (χ1n) is 5.49. The lowest BCUT2D eigenvalue weighted by Gasteiger charge is -2.23. The van der Waals surface area contributed by atoms with Gasteiger partial charge in [0.05, 0.1) is 12.7 Å². The zero-order valence-electron chi connectivity index (χ0n) is 10.6. The van der Waals surface area contributed by atoms with Crippen molar-refractivity contribution in [2.75, 3.05) is 13.7 Å². The van der Waals surface area contributed by atoms with Gasteiger partial charge in [-0.2, -0.15) is 0 Å². The summed E-state index contributed by atoms with van der Waals surface area (Å²) in [5, 5.41) is 8.72. The van der Waals surface area contributed by atoms with Gasteiger partial charge in [-0.15, -0.1) is 0 Å². The fraction of sp³-hybridized carbons (Fsp3) is 0.538. The highest BCUT2D eigenvalue weighted by Gasteiger charge is 2.36. The van der Waals surface area contributed by atoms with Crippen molar-refractivity contribution in [3.05, 3.63) is 28.3 Å². The van der Waals surface area contributed by atoms with Gasteiger partial charge < -0.3 is 9.84 Å². The molecule has 1 aromatic rings. The Balaban J connectivity index is 3.46. The molecule has 0 spiro atoms. The van der Waals surface area contributed by atoms with E-state index in [1.807, 2.05) is 6.92 Å². The molecule has 0 heterocycles. The number of hydrogen-bond donors (Lipinski definition) is 1. The molecule has 1 N–H and O–H groups in total. The first-order valence-corrected chi connectivity index (χ1v) is 5.49. The summed E-state index contributed by atoms with van der Waals surface area (Å²) in [5.41, 5.74) is 2.01. The van der Waals surface area contributed by atoms with Crippen LogP contribution in [-0.2, 0) is 5.92 Å². The van der Waals surface area contributed by atoms with Crippen molar-refractivity contribution < 1.29 is 18.6 Å². The van der Waals surface area contributed by atoms with E-state index in [-0.39, 0.29) is 11.3 Å². The van der Waals surface area contributed by atoms with Crippen molar-refractivity contribution in [3.8, 4) is 5.75 Å². The summed E-state index contributed by atoms with van der Waals surface area (Å²) in [5.74, 6) is -2.84. The first-order chi connectivity index (χ1) is 7.85. The second kappa shape index (κ2) is 5.00. The Bertz CT molecular complexity index is 414. The molecule has 2 nitrogen and oxygen atoms in total. The SMILES string of the molecule is COc1c(C)c(C)cc(C)c1C(F)(F)CCO. The molecule has 0 atom stereocenters. The van der Waals surface area contributed by atoms with Crippen molar-refractivity contribution in [2.24, 2.45) is 0 Å². The highest BCUT2D eigenvalue weighted by molar-refractivity contribution is 5.51. The van der Waals surface area contributed by atoms with Crippen LogP contribution >= 0.6 is 0 Å². The van der Waals surface area contributed by atoms with Gasteiger partial charge in [0.15, 0.2) is 0 Å². The standard InChI is InChI=1S/C13H18F2O2/c1-8-7-9(2)11(12(17-4)10(8)3)13(14,15)5-6-16/h7,16H,5-6H2,1-4H3. The minimum atomic E-state index is -3.07. The predicted molar refractivity (Wildman–Crippen MR) is 62.8 cm³/mol. The summed E-state index contributed by atoms with van der Waals surface area (Å²) >= 11 is 0. The molecule has 0 radical (unpaired) electrons. The fourth-order valence-electron chi connectivity index (χ4n) is 2.03. The first kappa shape index (κ1) is 13.9. The Kier molecular flexibility index (Phi) is 4.09. The van der Waals surface area contributed by atoms with E-state index in [1.54, 1.807) is 19.9 Å². The number of hydrogen-bond acceptors (Lipinski definition) is 2. The molecule has 96 valence electrons. The topological polar surface area (TPSA) is 29.5 Å². The Morgan fingerprint density at radius 2 is 1.82 bits per heavy atom. The van der Waals surface area contributed by atoms with Gasteiger partial charge in [-0.1, -0.05) is 6.07 Å². The van der Waals surface area contributed by atoms with Gasteiger partial charge in [0.1, 0.15) is 5.75 Å². The monoisotopic (exact) mass is 244 g/mol. The summed E-state index contributed by atoms with van der Waals surface area (Å²) in [6.07, 6.45) is -0.591. The number of aryl methyl sites for hydroxylation is 2. The zero-order valence-corrected chi connectivity index (χ0v) is 10.6. The highest BCUT2D eigenvalue weighted by atomic mass is 19.3. The van der Waals surface area contributed by atoms with E-state index < -0.39 is 19.0 Å². The van der Waals surface area contributed by atoms with Gasteiger partial charge in [0.2, 0.25) is 0 Å². The molecule has 0 aliphatic rings. The van der Waals surface area contributed by atoms with Crippen molar-refractivity contribution in [3.63, 3.8) is 0 Å². The quantitative estimate of drug-likeness (QED) is 0.881. The van der Waals surface area contributed by atoms with Gasteiger partial charge in [0.25, 0.3) is 5.92 Å². The average molecular weight is 244 g/mol. The lowest BCUT2D eigenvalue weighted by Crippen LogP contribution is -2.19. The average Bonchev–Trinajstić information content (AvgIpc) is 2.22. The van der Waals surface area contributed by atoms with Crippen LogP contribution in [-0.4, -0.2) is 18.8 Å². The van der Waals surface area contributed by atoms with E-state index in [4.69, 9.17) is 9.84 Å². The van der Waals surface area contributed by atoms with E-state index in [1.165, 1.54) is 7.11 Å². The summed E-state index contributed by atoms with van der Waals surface area (Å²) in [4.78, 5) is 0. The van der Waals surface area contributed by atoms with E-state index in [0.29, 0.717) is 11.1 Å². The summed E-state index contributed by atoms with van der Waals surface area (Å²) < 4.78 is 33.0. The molecule has 1 aromatic carbocycles. The number of aliphatic hydroxyl groups excluding tert-OH is 1. The summed E-state index contributed by atoms with van der Waals surface area (Å²) in [6.45, 7) is 4.70. The van der Waals surface area contributed by atoms with Crippen LogP contribution < -0.4 is 4.74 Å². The van der Waals surface area contributed by atoms with Crippen LogP contribution in [0.1, 0.15) is 28.7 Å². The molecule has 0 bridgehead atoms. The minimum Gasteiger partial charge on any atom is -0.496 e. The molecular formula is C13H18F2O2. The molecule has 17 heavy (non-hydrogen) atoms. The third kappa shape index (κ3) is 2.57. The molecule has 0 aliphatic heterocycles. The normalized spacial score (nSPS) is 11.7.